The van der Waals surface area contributed by atoms with E-state index in [-0.39, 0.29) is 0 Å². The number of nitrogens with zero attached hydrogens (tertiary/aromatic N) is 5. The smallest absolute Gasteiger partial charge is 0.156 e. The SMILES string of the molecule is [N-]=[N+]=NCc1c(C2CCC2)[nH]n2ccnc12. The number of aromatic amines is 1. The molecule has 16 heavy (non-hydrogen) atoms. The molecule has 0 radical (unpaired) electrons. The average molecular weight is 216 g/mol. The van der Waals surface area contributed by atoms with Gasteiger partial charge in [-0.15, -0.1) is 0 Å². The molecule has 0 aliphatic heterocycles. The van der Waals surface area contributed by atoms with Gasteiger partial charge in [0.05, 0.1) is 6.54 Å². The molecule has 1 fully saturated rings. The molecule has 82 valence electrons. The van der Waals surface area contributed by atoms with Crippen molar-refractivity contribution in [3.8, 4) is 0 Å². The van der Waals surface area contributed by atoms with Gasteiger partial charge >= 0.3 is 0 Å². The minimum Gasteiger partial charge on any atom is -0.296 e. The number of rotatable bonds is 3. The van der Waals surface area contributed by atoms with Crippen LogP contribution in [0.3, 0.4) is 0 Å². The van der Waals surface area contributed by atoms with Crippen LogP contribution in [0.1, 0.15) is 36.4 Å². The molecule has 0 unspecified atom stereocenters. The van der Waals surface area contributed by atoms with Gasteiger partial charge in [-0.1, -0.05) is 11.5 Å². The Morgan fingerprint density at radius 3 is 3.19 bits per heavy atom. The summed E-state index contributed by atoms with van der Waals surface area (Å²) in [5.74, 6) is 0.589. The molecule has 0 saturated heterocycles. The van der Waals surface area contributed by atoms with Crippen LogP contribution in [0.5, 0.6) is 0 Å². The first-order valence-electron chi connectivity index (χ1n) is 5.45. The zero-order valence-corrected chi connectivity index (χ0v) is 8.80. The molecule has 6 nitrogen and oxygen atoms in total. The molecule has 0 atom stereocenters. The van der Waals surface area contributed by atoms with Gasteiger partial charge in [-0.05, 0) is 18.4 Å². The number of hydrogen-bond acceptors (Lipinski definition) is 2. The number of fused-ring (bicyclic) bond motifs is 1. The van der Waals surface area contributed by atoms with Gasteiger partial charge in [-0.2, -0.15) is 0 Å². The number of H-pyrrole nitrogens is 1. The van der Waals surface area contributed by atoms with Crippen LogP contribution in [0.4, 0.5) is 0 Å². The van der Waals surface area contributed by atoms with Crippen molar-refractivity contribution >= 4 is 5.65 Å². The molecule has 0 amide bonds. The Kier molecular flexibility index (Phi) is 2.08. The predicted octanol–water partition coefficient (Wildman–Crippen LogP) is 2.74. The summed E-state index contributed by atoms with van der Waals surface area (Å²) in [7, 11) is 0. The van der Waals surface area contributed by atoms with E-state index >= 15 is 0 Å². The lowest BCUT2D eigenvalue weighted by atomic mass is 9.81. The van der Waals surface area contributed by atoms with Crippen molar-refractivity contribution < 1.29 is 0 Å². The topological polar surface area (TPSA) is 81.9 Å². The lowest BCUT2D eigenvalue weighted by Gasteiger charge is -2.24. The molecular formula is C10H12N6. The summed E-state index contributed by atoms with van der Waals surface area (Å²) >= 11 is 0. The molecule has 1 saturated carbocycles. The highest BCUT2D eigenvalue weighted by Crippen LogP contribution is 2.38. The van der Waals surface area contributed by atoms with Gasteiger partial charge in [0.1, 0.15) is 0 Å². The van der Waals surface area contributed by atoms with E-state index in [9.17, 15) is 0 Å². The Labute approximate surface area is 91.9 Å². The van der Waals surface area contributed by atoms with Crippen molar-refractivity contribution in [2.45, 2.75) is 31.7 Å². The molecule has 2 aromatic heterocycles. The molecule has 1 N–H and O–H groups in total. The van der Waals surface area contributed by atoms with Gasteiger partial charge in [0.15, 0.2) is 5.65 Å². The Bertz CT molecular complexity index is 555. The van der Waals surface area contributed by atoms with Gasteiger partial charge in [0.25, 0.3) is 0 Å². The van der Waals surface area contributed by atoms with Crippen LogP contribution in [0.15, 0.2) is 17.5 Å². The lowest BCUT2D eigenvalue weighted by molar-refractivity contribution is 0.407. The van der Waals surface area contributed by atoms with E-state index in [1.165, 1.54) is 25.0 Å². The van der Waals surface area contributed by atoms with Crippen LogP contribution in [-0.2, 0) is 6.54 Å². The third-order valence-corrected chi connectivity index (χ3v) is 3.28. The maximum absolute atomic E-state index is 8.41. The Morgan fingerprint density at radius 1 is 1.62 bits per heavy atom. The summed E-state index contributed by atoms with van der Waals surface area (Å²) in [6, 6.07) is 0. The molecule has 0 bridgehead atoms. The third-order valence-electron chi connectivity index (χ3n) is 3.28. The Balaban J connectivity index is 2.09. The highest BCUT2D eigenvalue weighted by atomic mass is 15.3. The van der Waals surface area contributed by atoms with Gasteiger partial charge in [-0.3, -0.25) is 5.10 Å². The summed E-state index contributed by atoms with van der Waals surface area (Å²) in [6.45, 7) is 0.381. The number of imidazole rings is 1. The van der Waals surface area contributed by atoms with Crippen molar-refractivity contribution in [1.82, 2.24) is 14.6 Å². The van der Waals surface area contributed by atoms with Crippen LogP contribution in [0.2, 0.25) is 0 Å². The fourth-order valence-electron chi connectivity index (χ4n) is 2.23. The normalized spacial score (nSPS) is 16.0. The van der Waals surface area contributed by atoms with Crippen LogP contribution in [0, 0.1) is 0 Å². The largest absolute Gasteiger partial charge is 0.296 e. The van der Waals surface area contributed by atoms with E-state index in [0.717, 1.165) is 11.2 Å². The molecule has 0 spiro atoms. The molecule has 1 aliphatic carbocycles. The highest BCUT2D eigenvalue weighted by molar-refractivity contribution is 5.51. The highest BCUT2D eigenvalue weighted by Gasteiger charge is 2.25. The zero-order valence-electron chi connectivity index (χ0n) is 8.80. The number of azide groups is 1. The van der Waals surface area contributed by atoms with Gasteiger partial charge < -0.3 is 0 Å². The van der Waals surface area contributed by atoms with Gasteiger partial charge in [-0.25, -0.2) is 9.50 Å². The van der Waals surface area contributed by atoms with Gasteiger partial charge in [0.2, 0.25) is 0 Å². The molecule has 0 aromatic carbocycles. The standard InChI is InChI=1S/C10H12N6/c11-15-13-6-8-9(7-2-1-3-7)14-16-5-4-12-10(8)16/h4-5,7,14H,1-3,6H2. The van der Waals surface area contributed by atoms with E-state index in [0.29, 0.717) is 12.5 Å². The number of aromatic nitrogens is 3. The van der Waals surface area contributed by atoms with E-state index in [2.05, 4.69) is 20.1 Å². The summed E-state index contributed by atoms with van der Waals surface area (Å²) < 4.78 is 1.90. The monoisotopic (exact) mass is 216 g/mol. The van der Waals surface area contributed by atoms with Crippen molar-refractivity contribution in [3.05, 3.63) is 34.1 Å². The first-order valence-corrected chi connectivity index (χ1v) is 5.45. The van der Waals surface area contributed by atoms with Crippen LogP contribution in [-0.4, -0.2) is 14.6 Å². The van der Waals surface area contributed by atoms with E-state index in [1.54, 1.807) is 6.20 Å². The molecule has 6 heteroatoms. The molecule has 2 heterocycles. The van der Waals surface area contributed by atoms with E-state index in [4.69, 9.17) is 5.53 Å². The fraction of sp³-hybridized carbons (Fsp3) is 0.500. The van der Waals surface area contributed by atoms with Crippen LogP contribution in [0.25, 0.3) is 16.1 Å². The summed E-state index contributed by atoms with van der Waals surface area (Å²) in [6.07, 6.45) is 7.35. The van der Waals surface area contributed by atoms with Crippen LogP contribution < -0.4 is 0 Å². The maximum atomic E-state index is 8.41. The van der Waals surface area contributed by atoms with Crippen molar-refractivity contribution in [1.29, 1.82) is 0 Å². The second-order valence-corrected chi connectivity index (χ2v) is 4.14. The predicted molar refractivity (Wildman–Crippen MR) is 59.0 cm³/mol. The van der Waals surface area contributed by atoms with Gasteiger partial charge in [0, 0.05) is 34.5 Å². The Morgan fingerprint density at radius 2 is 2.50 bits per heavy atom. The third kappa shape index (κ3) is 1.27. The Hall–Kier alpha value is -1.94. The van der Waals surface area contributed by atoms with Crippen molar-refractivity contribution in [2.75, 3.05) is 0 Å². The number of hydrogen-bond donors (Lipinski definition) is 1. The minimum absolute atomic E-state index is 0.381. The van der Waals surface area contributed by atoms with E-state index in [1.807, 2.05) is 10.7 Å². The summed E-state index contributed by atoms with van der Waals surface area (Å²) in [5, 5.41) is 6.98. The van der Waals surface area contributed by atoms with Crippen LogP contribution >= 0.6 is 0 Å². The van der Waals surface area contributed by atoms with Crippen molar-refractivity contribution in [3.63, 3.8) is 0 Å². The average Bonchev–Trinajstić information content (AvgIpc) is 2.73. The summed E-state index contributed by atoms with van der Waals surface area (Å²) in [5.41, 5.74) is 11.5. The molecule has 3 rings (SSSR count). The number of nitrogens with one attached hydrogen (secondary N) is 1. The van der Waals surface area contributed by atoms with Crippen molar-refractivity contribution in [2.24, 2.45) is 5.11 Å². The second-order valence-electron chi connectivity index (χ2n) is 4.14. The van der Waals surface area contributed by atoms with E-state index < -0.39 is 0 Å². The molecular weight excluding hydrogens is 204 g/mol. The maximum Gasteiger partial charge on any atom is 0.156 e. The lowest BCUT2D eigenvalue weighted by Crippen LogP contribution is -2.11. The first kappa shape index (κ1) is 9.30. The summed E-state index contributed by atoms with van der Waals surface area (Å²) in [4.78, 5) is 7.10. The minimum atomic E-state index is 0.381. The zero-order chi connectivity index (χ0) is 11.0. The quantitative estimate of drug-likeness (QED) is 0.477. The molecule has 1 aliphatic rings. The molecule has 2 aromatic rings. The fourth-order valence-corrected chi connectivity index (χ4v) is 2.23. The second kappa shape index (κ2) is 3.57. The first-order chi connectivity index (χ1) is 7.90.